The van der Waals surface area contributed by atoms with E-state index in [4.69, 9.17) is 4.74 Å². The Labute approximate surface area is 123 Å². The molecule has 0 heterocycles. The van der Waals surface area contributed by atoms with Gasteiger partial charge in [0, 0.05) is 6.42 Å². The molecule has 3 heteroatoms. The molecule has 0 saturated carbocycles. The second kappa shape index (κ2) is 7.91. The summed E-state index contributed by atoms with van der Waals surface area (Å²) >= 11 is 0. The van der Waals surface area contributed by atoms with E-state index < -0.39 is 5.54 Å². The first-order valence-corrected chi connectivity index (χ1v) is 7.40. The Kier molecular flexibility index (Phi) is 6.54. The molecule has 1 aromatic rings. The predicted octanol–water partition coefficient (Wildman–Crippen LogP) is 3.86. The molecule has 1 unspecified atom stereocenters. The van der Waals surface area contributed by atoms with Crippen LogP contribution in [0, 0.1) is 11.3 Å². The summed E-state index contributed by atoms with van der Waals surface area (Å²) in [4.78, 5) is 0. The third-order valence-electron chi connectivity index (χ3n) is 3.41. The lowest BCUT2D eigenvalue weighted by Gasteiger charge is -2.23. The van der Waals surface area contributed by atoms with Crippen molar-refractivity contribution in [3.63, 3.8) is 0 Å². The van der Waals surface area contributed by atoms with Gasteiger partial charge in [0.25, 0.3) is 0 Å². The lowest BCUT2D eigenvalue weighted by Crippen LogP contribution is -2.42. The van der Waals surface area contributed by atoms with Crippen molar-refractivity contribution in [1.29, 1.82) is 5.26 Å². The molecule has 0 aliphatic heterocycles. The van der Waals surface area contributed by atoms with Crippen molar-refractivity contribution in [2.24, 2.45) is 0 Å². The van der Waals surface area contributed by atoms with E-state index >= 15 is 0 Å². The van der Waals surface area contributed by atoms with Gasteiger partial charge in [0.1, 0.15) is 11.3 Å². The monoisotopic (exact) mass is 274 g/mol. The molecule has 3 nitrogen and oxygen atoms in total. The minimum Gasteiger partial charge on any atom is -0.493 e. The van der Waals surface area contributed by atoms with Crippen molar-refractivity contribution in [3.05, 3.63) is 29.8 Å². The molecule has 20 heavy (non-hydrogen) atoms. The molecule has 0 bridgehead atoms. The van der Waals surface area contributed by atoms with Crippen LogP contribution in [0.4, 0.5) is 0 Å². The molecule has 1 atom stereocenters. The van der Waals surface area contributed by atoms with Crippen molar-refractivity contribution in [2.75, 3.05) is 13.2 Å². The van der Waals surface area contributed by atoms with E-state index in [-0.39, 0.29) is 0 Å². The Bertz CT molecular complexity index is 451. The highest BCUT2D eigenvalue weighted by atomic mass is 16.5. The average Bonchev–Trinajstić information content (AvgIpc) is 2.45. The van der Waals surface area contributed by atoms with Crippen LogP contribution in [-0.4, -0.2) is 18.7 Å². The first kappa shape index (κ1) is 16.5. The van der Waals surface area contributed by atoms with Crippen LogP contribution in [0.15, 0.2) is 24.3 Å². The number of hydrogen-bond donors (Lipinski definition) is 1. The van der Waals surface area contributed by atoms with Gasteiger partial charge in [-0.05, 0) is 43.5 Å². The van der Waals surface area contributed by atoms with Gasteiger partial charge in [-0.25, -0.2) is 0 Å². The maximum atomic E-state index is 9.26. The molecule has 110 valence electrons. The minimum absolute atomic E-state index is 0.495. The van der Waals surface area contributed by atoms with Crippen LogP contribution in [0.3, 0.4) is 0 Å². The highest BCUT2D eigenvalue weighted by molar-refractivity contribution is 5.30. The number of nitriles is 1. The van der Waals surface area contributed by atoms with E-state index in [0.29, 0.717) is 18.9 Å². The SMILES string of the molecule is CCCNC(C)(C#N)CCOc1cccc(C(C)C)c1. The van der Waals surface area contributed by atoms with Crippen LogP contribution in [0.1, 0.15) is 52.0 Å². The zero-order valence-electron chi connectivity index (χ0n) is 13.1. The molecule has 0 radical (unpaired) electrons. The minimum atomic E-state index is -0.508. The molecule has 1 N–H and O–H groups in total. The zero-order chi connectivity index (χ0) is 15.0. The van der Waals surface area contributed by atoms with E-state index in [2.05, 4.69) is 44.3 Å². The highest BCUT2D eigenvalue weighted by Gasteiger charge is 2.22. The van der Waals surface area contributed by atoms with Gasteiger partial charge < -0.3 is 4.74 Å². The fraction of sp³-hybridized carbons (Fsp3) is 0.588. The third kappa shape index (κ3) is 5.22. The molecule has 1 aromatic carbocycles. The number of ether oxygens (including phenoxy) is 1. The molecule has 1 rings (SSSR count). The van der Waals surface area contributed by atoms with Gasteiger partial charge >= 0.3 is 0 Å². The van der Waals surface area contributed by atoms with E-state index in [1.165, 1.54) is 5.56 Å². The molecule has 0 saturated heterocycles. The molecular formula is C17H26N2O. The van der Waals surface area contributed by atoms with Gasteiger partial charge in [-0.15, -0.1) is 0 Å². The molecule has 0 aliphatic rings. The fourth-order valence-electron chi connectivity index (χ4n) is 1.92. The van der Waals surface area contributed by atoms with Crippen LogP contribution in [-0.2, 0) is 0 Å². The third-order valence-corrected chi connectivity index (χ3v) is 3.41. The van der Waals surface area contributed by atoms with Crippen molar-refractivity contribution in [1.82, 2.24) is 5.32 Å². The van der Waals surface area contributed by atoms with Crippen molar-refractivity contribution in [2.45, 2.75) is 52.0 Å². The van der Waals surface area contributed by atoms with E-state index in [9.17, 15) is 5.26 Å². The van der Waals surface area contributed by atoms with Gasteiger partial charge in [-0.1, -0.05) is 32.9 Å². The van der Waals surface area contributed by atoms with E-state index in [0.717, 1.165) is 18.7 Å². The number of rotatable bonds is 8. The molecule has 0 amide bonds. The second-order valence-electron chi connectivity index (χ2n) is 5.70. The Morgan fingerprint density at radius 3 is 2.75 bits per heavy atom. The Morgan fingerprint density at radius 2 is 2.15 bits per heavy atom. The maximum absolute atomic E-state index is 9.26. The molecule has 0 fully saturated rings. The van der Waals surface area contributed by atoms with Gasteiger partial charge in [-0.3, -0.25) is 5.32 Å². The lowest BCUT2D eigenvalue weighted by atomic mass is 10.0. The average molecular weight is 274 g/mol. The van der Waals surface area contributed by atoms with Gasteiger partial charge in [0.05, 0.1) is 12.7 Å². The summed E-state index contributed by atoms with van der Waals surface area (Å²) in [5.74, 6) is 1.38. The van der Waals surface area contributed by atoms with Crippen LogP contribution in [0.5, 0.6) is 5.75 Å². The van der Waals surface area contributed by atoms with Crippen LogP contribution in [0.25, 0.3) is 0 Å². The van der Waals surface area contributed by atoms with E-state index in [1.54, 1.807) is 0 Å². The summed E-state index contributed by atoms with van der Waals surface area (Å²) in [6.07, 6.45) is 1.70. The van der Waals surface area contributed by atoms with Crippen LogP contribution >= 0.6 is 0 Å². The summed E-state index contributed by atoms with van der Waals surface area (Å²) in [5.41, 5.74) is 0.765. The first-order chi connectivity index (χ1) is 9.50. The van der Waals surface area contributed by atoms with Crippen LogP contribution < -0.4 is 10.1 Å². The predicted molar refractivity (Wildman–Crippen MR) is 83.0 cm³/mol. The summed E-state index contributed by atoms with van der Waals surface area (Å²) < 4.78 is 5.78. The van der Waals surface area contributed by atoms with Gasteiger partial charge in [0.2, 0.25) is 0 Å². The summed E-state index contributed by atoms with van der Waals surface area (Å²) in [7, 11) is 0. The Morgan fingerprint density at radius 1 is 1.40 bits per heavy atom. The Hall–Kier alpha value is -1.53. The van der Waals surface area contributed by atoms with Crippen molar-refractivity contribution < 1.29 is 4.74 Å². The summed E-state index contributed by atoms with van der Waals surface area (Å²) in [5, 5.41) is 12.5. The molecule has 0 aliphatic carbocycles. The van der Waals surface area contributed by atoms with Gasteiger partial charge in [-0.2, -0.15) is 5.26 Å². The van der Waals surface area contributed by atoms with Crippen molar-refractivity contribution >= 4 is 0 Å². The molecular weight excluding hydrogens is 248 g/mol. The number of benzene rings is 1. The lowest BCUT2D eigenvalue weighted by molar-refractivity contribution is 0.267. The maximum Gasteiger partial charge on any atom is 0.119 e. The highest BCUT2D eigenvalue weighted by Crippen LogP contribution is 2.20. The Balaban J connectivity index is 2.51. The van der Waals surface area contributed by atoms with Gasteiger partial charge in [0.15, 0.2) is 0 Å². The van der Waals surface area contributed by atoms with E-state index in [1.807, 2.05) is 19.1 Å². The van der Waals surface area contributed by atoms with Crippen molar-refractivity contribution in [3.8, 4) is 11.8 Å². The smallest absolute Gasteiger partial charge is 0.119 e. The number of nitrogens with one attached hydrogen (secondary N) is 1. The fourth-order valence-corrected chi connectivity index (χ4v) is 1.92. The quantitative estimate of drug-likeness (QED) is 0.783. The zero-order valence-corrected chi connectivity index (χ0v) is 13.1. The topological polar surface area (TPSA) is 45.0 Å². The second-order valence-corrected chi connectivity index (χ2v) is 5.70. The normalized spacial score (nSPS) is 13.8. The summed E-state index contributed by atoms with van der Waals surface area (Å²) in [6.45, 7) is 9.76. The van der Waals surface area contributed by atoms with Crippen LogP contribution in [0.2, 0.25) is 0 Å². The molecule has 0 aromatic heterocycles. The molecule has 0 spiro atoms. The summed E-state index contributed by atoms with van der Waals surface area (Å²) in [6, 6.07) is 10.5. The number of hydrogen-bond acceptors (Lipinski definition) is 3. The first-order valence-electron chi connectivity index (χ1n) is 7.40. The standard InChI is InChI=1S/C17H26N2O/c1-5-10-19-17(4,13-18)9-11-20-16-8-6-7-15(12-16)14(2)3/h6-8,12,14,19H,5,9-11H2,1-4H3. The number of nitrogens with zero attached hydrogens (tertiary/aromatic N) is 1. The largest absolute Gasteiger partial charge is 0.493 e.